The normalized spacial score (nSPS) is 24.9. The highest BCUT2D eigenvalue weighted by Gasteiger charge is 2.34. The summed E-state index contributed by atoms with van der Waals surface area (Å²) in [7, 11) is -3.06. The van der Waals surface area contributed by atoms with Crippen molar-refractivity contribution in [2.24, 2.45) is 0 Å². The van der Waals surface area contributed by atoms with E-state index in [0.29, 0.717) is 25.3 Å². The molecule has 144 valence electrons. The highest BCUT2D eigenvalue weighted by Crippen LogP contribution is 2.24. The maximum atomic E-state index is 13.1. The number of amides is 1. The lowest BCUT2D eigenvalue weighted by Crippen LogP contribution is -2.45. The molecule has 2 saturated heterocycles. The van der Waals surface area contributed by atoms with Crippen LogP contribution in [0.4, 0.5) is 10.1 Å². The van der Waals surface area contributed by atoms with Gasteiger partial charge in [-0.2, -0.15) is 0 Å². The van der Waals surface area contributed by atoms with Crippen LogP contribution in [0.25, 0.3) is 0 Å². The highest BCUT2D eigenvalue weighted by molar-refractivity contribution is 7.91. The van der Waals surface area contributed by atoms with Crippen LogP contribution in [0, 0.1) is 5.82 Å². The minimum atomic E-state index is -3.06. The van der Waals surface area contributed by atoms with Gasteiger partial charge in [0, 0.05) is 19.2 Å². The van der Waals surface area contributed by atoms with Crippen LogP contribution in [-0.2, 0) is 19.4 Å². The second kappa shape index (κ2) is 8.21. The standard InChI is InChI=1S/C17H22ClFN2O4S/c18-15-8-12(19)3-4-16(15)20-17(22)10-21(9-14-2-1-6-25-14)13-5-7-26(23,24)11-13/h3-4,8,13-14H,1-2,5-7,9-11H2,(H,20,22). The zero-order valence-corrected chi connectivity index (χ0v) is 15.9. The van der Waals surface area contributed by atoms with Crippen molar-refractivity contribution < 1.29 is 22.3 Å². The number of carbonyl (C=O) groups is 1. The number of rotatable bonds is 6. The number of benzene rings is 1. The van der Waals surface area contributed by atoms with Crippen LogP contribution in [0.3, 0.4) is 0 Å². The minimum Gasteiger partial charge on any atom is -0.377 e. The van der Waals surface area contributed by atoms with E-state index >= 15 is 0 Å². The first kappa shape index (κ1) is 19.5. The largest absolute Gasteiger partial charge is 0.377 e. The summed E-state index contributed by atoms with van der Waals surface area (Å²) in [6.07, 6.45) is 2.40. The van der Waals surface area contributed by atoms with Crippen molar-refractivity contribution in [2.75, 3.05) is 36.5 Å². The Kier molecular flexibility index (Phi) is 6.17. The number of hydrogen-bond acceptors (Lipinski definition) is 5. The molecule has 0 saturated carbocycles. The summed E-state index contributed by atoms with van der Waals surface area (Å²) in [5.41, 5.74) is 0.328. The van der Waals surface area contributed by atoms with Crippen molar-refractivity contribution in [1.82, 2.24) is 4.90 Å². The van der Waals surface area contributed by atoms with Crippen molar-refractivity contribution in [3.63, 3.8) is 0 Å². The molecule has 2 aliphatic rings. The lowest BCUT2D eigenvalue weighted by atomic mass is 10.1. The zero-order valence-electron chi connectivity index (χ0n) is 14.3. The molecule has 0 bridgehead atoms. The van der Waals surface area contributed by atoms with Crippen molar-refractivity contribution in [3.05, 3.63) is 29.0 Å². The van der Waals surface area contributed by atoms with Crippen LogP contribution < -0.4 is 5.32 Å². The average Bonchev–Trinajstić information content (AvgIpc) is 3.19. The SMILES string of the molecule is O=C(CN(CC1CCCO1)C1CCS(=O)(=O)C1)Nc1ccc(F)cc1Cl. The lowest BCUT2D eigenvalue weighted by Gasteiger charge is -2.29. The number of ether oxygens (including phenoxy) is 1. The molecule has 26 heavy (non-hydrogen) atoms. The number of sulfone groups is 1. The molecule has 2 fully saturated rings. The number of halogens is 2. The van der Waals surface area contributed by atoms with Gasteiger partial charge in [-0.3, -0.25) is 9.69 Å². The highest BCUT2D eigenvalue weighted by atomic mass is 35.5. The molecule has 2 atom stereocenters. The van der Waals surface area contributed by atoms with Crippen LogP contribution in [-0.4, -0.2) is 62.6 Å². The minimum absolute atomic E-state index is 0.0144. The monoisotopic (exact) mass is 404 g/mol. The molecule has 1 aromatic carbocycles. The number of hydrogen-bond donors (Lipinski definition) is 1. The number of nitrogens with zero attached hydrogens (tertiary/aromatic N) is 1. The molecular weight excluding hydrogens is 383 g/mol. The summed E-state index contributed by atoms with van der Waals surface area (Å²) in [6.45, 7) is 1.25. The molecular formula is C17H22ClFN2O4S. The summed E-state index contributed by atoms with van der Waals surface area (Å²) < 4.78 is 42.4. The summed E-state index contributed by atoms with van der Waals surface area (Å²) in [6, 6.07) is 3.55. The predicted molar refractivity (Wildman–Crippen MR) is 97.6 cm³/mol. The Morgan fingerprint density at radius 1 is 1.38 bits per heavy atom. The first-order valence-corrected chi connectivity index (χ1v) is 10.8. The molecule has 1 amide bonds. The van der Waals surface area contributed by atoms with Crippen molar-refractivity contribution in [2.45, 2.75) is 31.4 Å². The van der Waals surface area contributed by atoms with E-state index in [-0.39, 0.29) is 41.1 Å². The number of carbonyl (C=O) groups excluding carboxylic acids is 1. The summed E-state index contributed by atoms with van der Waals surface area (Å²) in [5, 5.41) is 2.79. The Labute approximate surface area is 157 Å². The van der Waals surface area contributed by atoms with Gasteiger partial charge in [0.1, 0.15) is 5.82 Å². The van der Waals surface area contributed by atoms with E-state index in [4.69, 9.17) is 16.3 Å². The molecule has 9 heteroatoms. The summed E-state index contributed by atoms with van der Waals surface area (Å²) in [4.78, 5) is 14.3. The maximum Gasteiger partial charge on any atom is 0.238 e. The van der Waals surface area contributed by atoms with Crippen molar-refractivity contribution in [1.29, 1.82) is 0 Å². The van der Waals surface area contributed by atoms with Gasteiger partial charge in [-0.25, -0.2) is 12.8 Å². The molecule has 6 nitrogen and oxygen atoms in total. The van der Waals surface area contributed by atoms with E-state index in [1.807, 2.05) is 4.90 Å². The van der Waals surface area contributed by atoms with E-state index in [0.717, 1.165) is 18.9 Å². The van der Waals surface area contributed by atoms with Gasteiger partial charge in [-0.15, -0.1) is 0 Å². The van der Waals surface area contributed by atoms with Gasteiger partial charge < -0.3 is 10.1 Å². The van der Waals surface area contributed by atoms with Gasteiger partial charge >= 0.3 is 0 Å². The van der Waals surface area contributed by atoms with Gasteiger partial charge in [0.2, 0.25) is 5.91 Å². The number of anilines is 1. The van der Waals surface area contributed by atoms with Gasteiger partial charge in [0.25, 0.3) is 0 Å². The Morgan fingerprint density at radius 2 is 2.19 bits per heavy atom. The average molecular weight is 405 g/mol. The Hall–Kier alpha value is -1.22. The Balaban J connectivity index is 1.66. The van der Waals surface area contributed by atoms with E-state index in [9.17, 15) is 17.6 Å². The third kappa shape index (κ3) is 5.16. The Morgan fingerprint density at radius 3 is 2.81 bits per heavy atom. The van der Waals surface area contributed by atoms with Crippen molar-refractivity contribution >= 4 is 33.0 Å². The molecule has 2 unspecified atom stereocenters. The second-order valence-corrected chi connectivity index (χ2v) is 9.43. The molecule has 1 N–H and O–H groups in total. The fourth-order valence-corrected chi connectivity index (χ4v) is 5.40. The van der Waals surface area contributed by atoms with Crippen LogP contribution in [0.1, 0.15) is 19.3 Å². The summed E-state index contributed by atoms with van der Waals surface area (Å²) >= 11 is 5.94. The second-order valence-electron chi connectivity index (χ2n) is 6.79. The fraction of sp³-hybridized carbons (Fsp3) is 0.588. The van der Waals surface area contributed by atoms with Gasteiger partial charge in [-0.1, -0.05) is 11.6 Å². The molecule has 2 aliphatic heterocycles. The predicted octanol–water partition coefficient (Wildman–Crippen LogP) is 2.09. The van der Waals surface area contributed by atoms with Gasteiger partial charge in [-0.05, 0) is 37.5 Å². The summed E-state index contributed by atoms with van der Waals surface area (Å²) in [5.74, 6) is -0.597. The third-order valence-corrected chi connectivity index (χ3v) is 6.80. The van der Waals surface area contributed by atoms with E-state index in [1.165, 1.54) is 12.1 Å². The third-order valence-electron chi connectivity index (χ3n) is 4.74. The molecule has 1 aromatic rings. The molecule has 2 heterocycles. The molecule has 0 radical (unpaired) electrons. The van der Waals surface area contributed by atoms with Crippen LogP contribution in [0.5, 0.6) is 0 Å². The lowest BCUT2D eigenvalue weighted by molar-refractivity contribution is -0.118. The fourth-order valence-electron chi connectivity index (χ4n) is 3.42. The number of nitrogens with one attached hydrogen (secondary N) is 1. The van der Waals surface area contributed by atoms with Crippen LogP contribution in [0.15, 0.2) is 18.2 Å². The zero-order chi connectivity index (χ0) is 18.7. The van der Waals surface area contributed by atoms with E-state index in [1.54, 1.807) is 0 Å². The Bertz CT molecular complexity index is 768. The van der Waals surface area contributed by atoms with Crippen LogP contribution in [0.2, 0.25) is 5.02 Å². The molecule has 0 spiro atoms. The van der Waals surface area contributed by atoms with Crippen LogP contribution >= 0.6 is 11.6 Å². The van der Waals surface area contributed by atoms with Crippen molar-refractivity contribution in [3.8, 4) is 0 Å². The van der Waals surface area contributed by atoms with Gasteiger partial charge in [0.15, 0.2) is 9.84 Å². The first-order valence-electron chi connectivity index (χ1n) is 8.63. The van der Waals surface area contributed by atoms with Gasteiger partial charge in [0.05, 0.1) is 34.9 Å². The topological polar surface area (TPSA) is 75.7 Å². The first-order chi connectivity index (χ1) is 12.3. The molecule has 3 rings (SSSR count). The quantitative estimate of drug-likeness (QED) is 0.785. The van der Waals surface area contributed by atoms with E-state index < -0.39 is 15.7 Å². The smallest absolute Gasteiger partial charge is 0.238 e. The molecule has 0 aliphatic carbocycles. The van der Waals surface area contributed by atoms with E-state index in [2.05, 4.69) is 5.32 Å². The molecule has 0 aromatic heterocycles. The maximum absolute atomic E-state index is 13.1.